The second-order valence-corrected chi connectivity index (χ2v) is 7.87. The number of hydrogen-bond donors (Lipinski definition) is 3. The number of ether oxygens (including phenoxy) is 1. The molecule has 0 aliphatic rings. The van der Waals surface area contributed by atoms with Crippen LogP contribution in [0.1, 0.15) is 39.2 Å². The van der Waals surface area contributed by atoms with Crippen LogP contribution in [0.15, 0.2) is 29.3 Å². The van der Waals surface area contributed by atoms with Crippen LogP contribution in [0.25, 0.3) is 0 Å². The van der Waals surface area contributed by atoms with Crippen molar-refractivity contribution in [3.63, 3.8) is 0 Å². The standard InChI is InChI=1S/C21H37N5O2.HI/c1-21(2,3)28-20(27)25-16-8-15-24-19(22-4)23-14-7-9-17-10-12-18(13-11-17)26(5)6;/h10-13H,7-9,14-16H2,1-6H3,(H,25,27)(H2,22,23,24);1H. The first-order valence-electron chi connectivity index (χ1n) is 9.89. The lowest BCUT2D eigenvalue weighted by molar-refractivity contribution is 0.0527. The number of amides is 1. The molecule has 0 atom stereocenters. The summed E-state index contributed by atoms with van der Waals surface area (Å²) in [7, 11) is 5.85. The number of alkyl carbamates (subject to hydrolysis) is 1. The Bertz CT molecular complexity index is 612. The van der Waals surface area contributed by atoms with Crippen molar-refractivity contribution in [2.75, 3.05) is 45.7 Å². The number of anilines is 1. The highest BCUT2D eigenvalue weighted by molar-refractivity contribution is 14.0. The zero-order valence-electron chi connectivity index (χ0n) is 18.7. The monoisotopic (exact) mass is 519 g/mol. The first-order valence-corrected chi connectivity index (χ1v) is 9.89. The zero-order valence-corrected chi connectivity index (χ0v) is 21.0. The quantitative estimate of drug-likeness (QED) is 0.202. The molecule has 0 saturated heterocycles. The Hall–Kier alpha value is -1.71. The van der Waals surface area contributed by atoms with Crippen molar-refractivity contribution in [2.24, 2.45) is 4.99 Å². The van der Waals surface area contributed by atoms with Gasteiger partial charge in [0.15, 0.2) is 5.96 Å². The van der Waals surface area contributed by atoms with Gasteiger partial charge in [-0.15, -0.1) is 24.0 Å². The molecule has 0 heterocycles. The molecule has 1 aromatic carbocycles. The van der Waals surface area contributed by atoms with Gasteiger partial charge in [0, 0.05) is 46.5 Å². The lowest BCUT2D eigenvalue weighted by Crippen LogP contribution is -2.39. The van der Waals surface area contributed by atoms with E-state index < -0.39 is 5.60 Å². The number of hydrogen-bond acceptors (Lipinski definition) is 4. The minimum atomic E-state index is -0.470. The van der Waals surface area contributed by atoms with Crippen LogP contribution < -0.4 is 20.9 Å². The number of aliphatic imine (C=N–C) groups is 1. The summed E-state index contributed by atoms with van der Waals surface area (Å²) in [5.41, 5.74) is 2.08. The molecule has 0 fully saturated rings. The maximum absolute atomic E-state index is 11.6. The topological polar surface area (TPSA) is 78.0 Å². The van der Waals surface area contributed by atoms with E-state index in [4.69, 9.17) is 4.74 Å². The van der Waals surface area contributed by atoms with E-state index >= 15 is 0 Å². The molecule has 3 N–H and O–H groups in total. The van der Waals surface area contributed by atoms with Crippen LogP contribution in [0.4, 0.5) is 10.5 Å². The summed E-state index contributed by atoms with van der Waals surface area (Å²) in [5, 5.41) is 9.32. The molecule has 0 aromatic heterocycles. The van der Waals surface area contributed by atoms with Crippen molar-refractivity contribution in [1.29, 1.82) is 0 Å². The third kappa shape index (κ3) is 13.2. The Kier molecular flexibility index (Phi) is 13.5. The molecule has 1 rings (SSSR count). The number of nitrogens with zero attached hydrogens (tertiary/aromatic N) is 2. The zero-order chi connectivity index (χ0) is 21.0. The maximum atomic E-state index is 11.6. The van der Waals surface area contributed by atoms with Gasteiger partial charge < -0.3 is 25.6 Å². The lowest BCUT2D eigenvalue weighted by atomic mass is 10.1. The Morgan fingerprint density at radius 3 is 2.07 bits per heavy atom. The molecule has 0 aliphatic carbocycles. The van der Waals surface area contributed by atoms with Crippen molar-refractivity contribution in [3.8, 4) is 0 Å². The third-order valence-electron chi connectivity index (χ3n) is 3.93. The summed E-state index contributed by atoms with van der Waals surface area (Å²) in [6.45, 7) is 7.68. The molecule has 0 unspecified atom stereocenters. The Morgan fingerprint density at radius 1 is 1.00 bits per heavy atom. The van der Waals surface area contributed by atoms with Gasteiger partial charge in [-0.25, -0.2) is 4.79 Å². The largest absolute Gasteiger partial charge is 0.444 e. The fraction of sp³-hybridized carbons (Fsp3) is 0.619. The highest BCUT2D eigenvalue weighted by atomic mass is 127. The molecule has 29 heavy (non-hydrogen) atoms. The predicted molar refractivity (Wildman–Crippen MR) is 133 cm³/mol. The van der Waals surface area contributed by atoms with Gasteiger partial charge in [-0.1, -0.05) is 12.1 Å². The molecule has 1 amide bonds. The normalized spacial score (nSPS) is 11.3. The smallest absolute Gasteiger partial charge is 0.407 e. The number of carbonyl (C=O) groups excluding carboxylic acids is 1. The SMILES string of the molecule is CN=C(NCCCNC(=O)OC(C)(C)C)NCCCc1ccc(N(C)C)cc1.I. The minimum Gasteiger partial charge on any atom is -0.444 e. The van der Waals surface area contributed by atoms with E-state index in [2.05, 4.69) is 50.1 Å². The van der Waals surface area contributed by atoms with Crippen molar-refractivity contribution >= 4 is 41.7 Å². The van der Waals surface area contributed by atoms with E-state index in [0.717, 1.165) is 38.3 Å². The number of guanidine groups is 1. The average Bonchev–Trinajstić information content (AvgIpc) is 2.62. The van der Waals surface area contributed by atoms with Gasteiger partial charge in [0.25, 0.3) is 0 Å². The first-order chi connectivity index (χ1) is 13.2. The van der Waals surface area contributed by atoms with Gasteiger partial charge >= 0.3 is 6.09 Å². The summed E-state index contributed by atoms with van der Waals surface area (Å²) >= 11 is 0. The Morgan fingerprint density at radius 2 is 1.55 bits per heavy atom. The summed E-state index contributed by atoms with van der Waals surface area (Å²) in [6.07, 6.45) is 2.46. The minimum absolute atomic E-state index is 0. The van der Waals surface area contributed by atoms with Crippen molar-refractivity contribution in [2.45, 2.75) is 45.6 Å². The maximum Gasteiger partial charge on any atom is 0.407 e. The van der Waals surface area contributed by atoms with E-state index in [1.165, 1.54) is 11.3 Å². The number of rotatable bonds is 9. The van der Waals surface area contributed by atoms with Crippen LogP contribution in [-0.2, 0) is 11.2 Å². The second-order valence-electron chi connectivity index (χ2n) is 7.87. The van der Waals surface area contributed by atoms with Crippen molar-refractivity contribution < 1.29 is 9.53 Å². The molecule has 0 saturated carbocycles. The predicted octanol–water partition coefficient (Wildman–Crippen LogP) is 3.38. The van der Waals surface area contributed by atoms with Crippen LogP contribution >= 0.6 is 24.0 Å². The van der Waals surface area contributed by atoms with Crippen LogP contribution in [-0.4, -0.2) is 58.4 Å². The van der Waals surface area contributed by atoms with E-state index in [-0.39, 0.29) is 30.1 Å². The fourth-order valence-corrected chi connectivity index (χ4v) is 2.48. The lowest BCUT2D eigenvalue weighted by Gasteiger charge is -2.19. The second kappa shape index (κ2) is 14.3. The number of nitrogens with one attached hydrogen (secondary N) is 3. The Labute approximate surface area is 193 Å². The highest BCUT2D eigenvalue weighted by Crippen LogP contribution is 2.13. The van der Waals surface area contributed by atoms with Crippen LogP contribution in [0.2, 0.25) is 0 Å². The van der Waals surface area contributed by atoms with Gasteiger partial charge in [-0.3, -0.25) is 4.99 Å². The Balaban J connectivity index is 0.00000784. The summed E-state index contributed by atoms with van der Waals surface area (Å²) in [5.74, 6) is 0.778. The molecule has 8 heteroatoms. The van der Waals surface area contributed by atoms with Gasteiger partial charge in [-0.2, -0.15) is 0 Å². The number of halogens is 1. The number of carbonyl (C=O) groups is 1. The van der Waals surface area contributed by atoms with Gasteiger partial charge in [-0.05, 0) is 57.7 Å². The van der Waals surface area contributed by atoms with Crippen molar-refractivity contribution in [3.05, 3.63) is 29.8 Å². The third-order valence-corrected chi connectivity index (χ3v) is 3.93. The highest BCUT2D eigenvalue weighted by Gasteiger charge is 2.15. The molecule has 1 aromatic rings. The summed E-state index contributed by atoms with van der Waals surface area (Å²) in [6, 6.07) is 8.66. The van der Waals surface area contributed by atoms with Crippen LogP contribution in [0.5, 0.6) is 0 Å². The van der Waals surface area contributed by atoms with E-state index in [1.54, 1.807) is 7.05 Å². The van der Waals surface area contributed by atoms with Crippen molar-refractivity contribution in [1.82, 2.24) is 16.0 Å². The fourth-order valence-electron chi connectivity index (χ4n) is 2.48. The van der Waals surface area contributed by atoms with E-state index in [0.29, 0.717) is 6.54 Å². The molecular formula is C21H38IN5O2. The van der Waals surface area contributed by atoms with Gasteiger partial charge in [0.2, 0.25) is 0 Å². The molecule has 166 valence electrons. The first kappa shape index (κ1) is 27.3. The number of aryl methyl sites for hydroxylation is 1. The molecule has 0 aliphatic heterocycles. The molecule has 0 bridgehead atoms. The van der Waals surface area contributed by atoms with E-state index in [1.807, 2.05) is 34.9 Å². The average molecular weight is 519 g/mol. The summed E-state index contributed by atoms with van der Waals surface area (Å²) < 4.78 is 5.20. The van der Waals surface area contributed by atoms with Gasteiger partial charge in [0.05, 0.1) is 0 Å². The molecule has 7 nitrogen and oxygen atoms in total. The van der Waals surface area contributed by atoms with E-state index in [9.17, 15) is 4.79 Å². The summed E-state index contributed by atoms with van der Waals surface area (Å²) in [4.78, 5) is 17.9. The number of benzene rings is 1. The molecule has 0 spiro atoms. The van der Waals surface area contributed by atoms with Gasteiger partial charge in [0.1, 0.15) is 5.60 Å². The molecule has 0 radical (unpaired) electrons. The van der Waals surface area contributed by atoms with Crippen LogP contribution in [0.3, 0.4) is 0 Å². The molecular weight excluding hydrogens is 481 g/mol. The van der Waals surface area contributed by atoms with Crippen LogP contribution in [0, 0.1) is 0 Å².